The molecule has 0 radical (unpaired) electrons. The van der Waals surface area contributed by atoms with Crippen molar-refractivity contribution < 1.29 is 9.53 Å². The fourth-order valence-corrected chi connectivity index (χ4v) is 4.47. The summed E-state index contributed by atoms with van der Waals surface area (Å²) >= 11 is 0. The van der Waals surface area contributed by atoms with E-state index < -0.39 is 0 Å². The van der Waals surface area contributed by atoms with E-state index in [0.717, 1.165) is 49.5 Å². The maximum Gasteiger partial charge on any atom is 0.224 e. The summed E-state index contributed by atoms with van der Waals surface area (Å²) in [4.78, 5) is 19.9. The van der Waals surface area contributed by atoms with Gasteiger partial charge in [0.25, 0.3) is 0 Å². The number of amides is 1. The van der Waals surface area contributed by atoms with Crippen molar-refractivity contribution in [1.29, 1.82) is 0 Å². The van der Waals surface area contributed by atoms with E-state index in [1.807, 2.05) is 66.9 Å². The van der Waals surface area contributed by atoms with Crippen molar-refractivity contribution in [2.24, 2.45) is 5.92 Å². The van der Waals surface area contributed by atoms with Crippen molar-refractivity contribution in [3.8, 4) is 5.75 Å². The number of nitrogens with zero attached hydrogens (tertiary/aromatic N) is 2. The van der Waals surface area contributed by atoms with Gasteiger partial charge in [0.05, 0.1) is 25.3 Å². The third kappa shape index (κ3) is 5.95. The van der Waals surface area contributed by atoms with Gasteiger partial charge in [0.15, 0.2) is 0 Å². The number of hydrogen-bond acceptors (Lipinski definition) is 4. The van der Waals surface area contributed by atoms with Crippen molar-refractivity contribution in [3.05, 3.63) is 95.8 Å². The van der Waals surface area contributed by atoms with Crippen molar-refractivity contribution in [2.45, 2.75) is 31.8 Å². The number of ether oxygens (including phenoxy) is 1. The third-order valence-corrected chi connectivity index (χ3v) is 6.17. The largest absolute Gasteiger partial charge is 0.497 e. The molecule has 1 aliphatic rings. The lowest BCUT2D eigenvalue weighted by Crippen LogP contribution is -2.41. The van der Waals surface area contributed by atoms with Crippen LogP contribution in [0.1, 0.15) is 35.7 Å². The highest BCUT2D eigenvalue weighted by molar-refractivity contribution is 5.79. The monoisotopic (exact) mass is 429 g/mol. The molecule has 3 aromatic rings. The second-order valence-corrected chi connectivity index (χ2v) is 8.43. The Morgan fingerprint density at radius 3 is 2.50 bits per heavy atom. The molecule has 1 N–H and O–H groups in total. The Kier molecular flexibility index (Phi) is 7.51. The van der Waals surface area contributed by atoms with Crippen LogP contribution >= 0.6 is 0 Å². The van der Waals surface area contributed by atoms with Gasteiger partial charge in [0, 0.05) is 12.7 Å². The van der Waals surface area contributed by atoms with Crippen LogP contribution in [0.5, 0.6) is 5.75 Å². The van der Waals surface area contributed by atoms with Crippen LogP contribution in [0, 0.1) is 5.92 Å². The number of carbonyl (C=O) groups excluding carboxylic acids is 1. The van der Waals surface area contributed by atoms with E-state index in [-0.39, 0.29) is 11.9 Å². The molecule has 1 amide bonds. The normalized spacial score (nSPS) is 15.8. The fraction of sp³-hybridized carbons (Fsp3) is 0.333. The van der Waals surface area contributed by atoms with Gasteiger partial charge in [-0.3, -0.25) is 14.7 Å². The third-order valence-electron chi connectivity index (χ3n) is 6.17. The predicted molar refractivity (Wildman–Crippen MR) is 126 cm³/mol. The Morgan fingerprint density at radius 1 is 1.03 bits per heavy atom. The van der Waals surface area contributed by atoms with E-state index in [1.54, 1.807) is 7.11 Å². The van der Waals surface area contributed by atoms with E-state index in [2.05, 4.69) is 27.3 Å². The number of hydrogen-bond donors (Lipinski definition) is 1. The van der Waals surface area contributed by atoms with Crippen molar-refractivity contribution in [3.63, 3.8) is 0 Å². The molecule has 4 rings (SSSR count). The number of likely N-dealkylation sites (tertiary alicyclic amines) is 1. The molecule has 1 fully saturated rings. The van der Waals surface area contributed by atoms with Crippen LogP contribution in [0.2, 0.25) is 0 Å². The molecule has 1 aliphatic heterocycles. The van der Waals surface area contributed by atoms with Gasteiger partial charge in [-0.25, -0.2) is 0 Å². The Bertz CT molecular complexity index is 986. The Morgan fingerprint density at radius 2 is 1.78 bits per heavy atom. The summed E-state index contributed by atoms with van der Waals surface area (Å²) in [5.41, 5.74) is 3.23. The molecule has 2 heterocycles. The van der Waals surface area contributed by atoms with Gasteiger partial charge in [-0.1, -0.05) is 48.5 Å². The summed E-state index contributed by atoms with van der Waals surface area (Å²) in [5.74, 6) is 1.31. The highest BCUT2D eigenvalue weighted by Gasteiger charge is 2.29. The van der Waals surface area contributed by atoms with E-state index >= 15 is 0 Å². The topological polar surface area (TPSA) is 54.5 Å². The Labute approximate surface area is 190 Å². The molecule has 1 atom stereocenters. The second kappa shape index (κ2) is 10.9. The Balaban J connectivity index is 1.39. The fourth-order valence-electron chi connectivity index (χ4n) is 4.47. The molecular formula is C27H31N3O2. The lowest BCUT2D eigenvalue weighted by atomic mass is 9.87. The first-order chi connectivity index (χ1) is 15.7. The summed E-state index contributed by atoms with van der Waals surface area (Å²) in [6, 6.07) is 24.0. The number of benzene rings is 2. The van der Waals surface area contributed by atoms with E-state index in [0.29, 0.717) is 12.3 Å². The number of aromatic nitrogens is 1. The first kappa shape index (κ1) is 22.0. The lowest BCUT2D eigenvalue weighted by Gasteiger charge is -2.36. The molecule has 1 unspecified atom stereocenters. The van der Waals surface area contributed by atoms with Crippen molar-refractivity contribution in [1.82, 2.24) is 15.2 Å². The minimum absolute atomic E-state index is 0.0469. The lowest BCUT2D eigenvalue weighted by molar-refractivity contribution is -0.121. The van der Waals surface area contributed by atoms with Crippen LogP contribution < -0.4 is 10.1 Å². The van der Waals surface area contributed by atoms with E-state index in [4.69, 9.17) is 4.74 Å². The van der Waals surface area contributed by atoms with Crippen LogP contribution in [0.3, 0.4) is 0 Å². The van der Waals surface area contributed by atoms with Crippen molar-refractivity contribution in [2.75, 3.05) is 20.2 Å². The summed E-state index contributed by atoms with van der Waals surface area (Å²) in [6.07, 6.45) is 4.25. The zero-order valence-electron chi connectivity index (χ0n) is 18.6. The van der Waals surface area contributed by atoms with E-state index in [1.165, 1.54) is 5.56 Å². The molecule has 1 saturated heterocycles. The first-order valence-electron chi connectivity index (χ1n) is 11.3. The molecule has 1 aromatic heterocycles. The zero-order chi connectivity index (χ0) is 22.2. The zero-order valence-corrected chi connectivity index (χ0v) is 18.6. The van der Waals surface area contributed by atoms with Gasteiger partial charge in [-0.15, -0.1) is 0 Å². The average molecular weight is 430 g/mol. The summed E-state index contributed by atoms with van der Waals surface area (Å²) in [5, 5.41) is 3.29. The Hall–Kier alpha value is -3.18. The number of rotatable bonds is 8. The number of methoxy groups -OCH3 is 1. The molecule has 2 aromatic carbocycles. The second-order valence-electron chi connectivity index (χ2n) is 8.43. The summed E-state index contributed by atoms with van der Waals surface area (Å²) in [7, 11) is 1.70. The highest BCUT2D eigenvalue weighted by atomic mass is 16.5. The van der Waals surface area contributed by atoms with Gasteiger partial charge < -0.3 is 10.1 Å². The molecule has 0 bridgehead atoms. The molecule has 0 spiro atoms. The standard InChI is InChI=1S/C27H31N3O2/c1-32-24-11-7-10-22(18-24)20-30-16-13-23(14-17-30)27(25-12-5-6-15-28-25)29-26(31)19-21-8-3-2-4-9-21/h2-12,15,18,23,27H,13-14,16-17,19-20H2,1H3,(H,29,31). The quantitative estimate of drug-likeness (QED) is 0.577. The van der Waals surface area contributed by atoms with Gasteiger partial charge in [0.2, 0.25) is 5.91 Å². The van der Waals surface area contributed by atoms with Gasteiger partial charge >= 0.3 is 0 Å². The van der Waals surface area contributed by atoms with Gasteiger partial charge in [0.1, 0.15) is 5.75 Å². The number of carbonyl (C=O) groups is 1. The maximum atomic E-state index is 12.8. The van der Waals surface area contributed by atoms with Gasteiger partial charge in [-0.2, -0.15) is 0 Å². The maximum absolute atomic E-state index is 12.8. The summed E-state index contributed by atoms with van der Waals surface area (Å²) in [6.45, 7) is 2.91. The minimum atomic E-state index is -0.0635. The molecule has 0 aliphatic carbocycles. The predicted octanol–water partition coefficient (Wildman–Crippen LogP) is 4.40. The minimum Gasteiger partial charge on any atom is -0.497 e. The van der Waals surface area contributed by atoms with Crippen LogP contribution in [0.25, 0.3) is 0 Å². The number of nitrogens with one attached hydrogen (secondary N) is 1. The van der Waals surface area contributed by atoms with Crippen LogP contribution in [0.4, 0.5) is 0 Å². The van der Waals surface area contributed by atoms with Crippen LogP contribution in [-0.2, 0) is 17.8 Å². The molecule has 32 heavy (non-hydrogen) atoms. The van der Waals surface area contributed by atoms with Crippen molar-refractivity contribution >= 4 is 5.91 Å². The van der Waals surface area contributed by atoms with Crippen LogP contribution in [0.15, 0.2) is 79.0 Å². The summed E-state index contributed by atoms with van der Waals surface area (Å²) < 4.78 is 5.36. The van der Waals surface area contributed by atoms with E-state index in [9.17, 15) is 4.79 Å². The smallest absolute Gasteiger partial charge is 0.224 e. The number of pyridine rings is 1. The molecule has 5 nitrogen and oxygen atoms in total. The van der Waals surface area contributed by atoms with Crippen LogP contribution in [-0.4, -0.2) is 36.0 Å². The molecule has 0 saturated carbocycles. The first-order valence-corrected chi connectivity index (χ1v) is 11.3. The number of piperidine rings is 1. The average Bonchev–Trinajstić information content (AvgIpc) is 2.84. The highest BCUT2D eigenvalue weighted by Crippen LogP contribution is 2.31. The molecule has 5 heteroatoms. The SMILES string of the molecule is COc1cccc(CN2CCC(C(NC(=O)Cc3ccccc3)c3ccccn3)CC2)c1. The molecule has 166 valence electrons. The molecular weight excluding hydrogens is 398 g/mol. The van der Waals surface area contributed by atoms with Gasteiger partial charge in [-0.05, 0) is 67.2 Å².